The molecule has 2 atom stereocenters. The van der Waals surface area contributed by atoms with E-state index in [1.165, 1.54) is 18.4 Å². The van der Waals surface area contributed by atoms with Crippen LogP contribution in [0.3, 0.4) is 0 Å². The molecule has 1 heterocycles. The Morgan fingerprint density at radius 2 is 2.00 bits per heavy atom. The van der Waals surface area contributed by atoms with Gasteiger partial charge in [-0.2, -0.15) is 0 Å². The molecule has 2 aliphatic rings. The average Bonchev–Trinajstić information content (AvgIpc) is 2.34. The molecule has 2 heteroatoms. The van der Waals surface area contributed by atoms with Crippen LogP contribution >= 0.6 is 0 Å². The highest BCUT2D eigenvalue weighted by atomic mass is 16.3. The van der Waals surface area contributed by atoms with Crippen LogP contribution in [0.15, 0.2) is 30.3 Å². The van der Waals surface area contributed by atoms with E-state index >= 15 is 0 Å². The van der Waals surface area contributed by atoms with E-state index in [0.29, 0.717) is 11.8 Å². The number of hydrogen-bond acceptors (Lipinski definition) is 2. The van der Waals surface area contributed by atoms with Crippen molar-refractivity contribution >= 4 is 0 Å². The molecule has 1 aliphatic carbocycles. The Labute approximate surface area is 116 Å². The van der Waals surface area contributed by atoms with Crippen molar-refractivity contribution in [3.8, 4) is 0 Å². The largest absolute Gasteiger partial charge is 0.389 e. The van der Waals surface area contributed by atoms with Crippen molar-refractivity contribution in [2.75, 3.05) is 19.6 Å². The predicted molar refractivity (Wildman–Crippen MR) is 78.2 cm³/mol. The molecular formula is C17H25NO. The van der Waals surface area contributed by atoms with Gasteiger partial charge in [0.05, 0.1) is 5.60 Å². The van der Waals surface area contributed by atoms with Gasteiger partial charge in [-0.05, 0) is 24.3 Å². The molecule has 19 heavy (non-hydrogen) atoms. The molecule has 1 aromatic carbocycles. The molecule has 1 aromatic rings. The first-order valence-electron chi connectivity index (χ1n) is 7.64. The molecular weight excluding hydrogens is 234 g/mol. The topological polar surface area (TPSA) is 23.5 Å². The number of aliphatic hydroxyl groups is 1. The Morgan fingerprint density at radius 3 is 2.68 bits per heavy atom. The number of likely N-dealkylation sites (tertiary alicyclic amines) is 1. The van der Waals surface area contributed by atoms with Crippen LogP contribution in [-0.4, -0.2) is 35.2 Å². The normalized spacial score (nSPS) is 33.1. The lowest BCUT2D eigenvalue weighted by molar-refractivity contribution is -0.0558. The fourth-order valence-electron chi connectivity index (χ4n) is 3.83. The second-order valence-electron chi connectivity index (χ2n) is 6.73. The summed E-state index contributed by atoms with van der Waals surface area (Å²) in [4.78, 5) is 2.43. The Hall–Kier alpha value is -0.860. The Kier molecular flexibility index (Phi) is 3.64. The number of rotatable bonds is 3. The fourth-order valence-corrected chi connectivity index (χ4v) is 3.83. The third-order valence-corrected chi connectivity index (χ3v) is 4.81. The van der Waals surface area contributed by atoms with Crippen LogP contribution in [-0.2, 0) is 0 Å². The Morgan fingerprint density at radius 1 is 1.26 bits per heavy atom. The summed E-state index contributed by atoms with van der Waals surface area (Å²) in [6.07, 6.45) is 4.45. The molecule has 104 valence electrons. The zero-order valence-electron chi connectivity index (χ0n) is 11.9. The van der Waals surface area contributed by atoms with Gasteiger partial charge >= 0.3 is 0 Å². The van der Waals surface area contributed by atoms with E-state index in [1.807, 2.05) is 0 Å². The monoisotopic (exact) mass is 259 g/mol. The van der Waals surface area contributed by atoms with E-state index < -0.39 is 5.60 Å². The predicted octanol–water partition coefficient (Wildman–Crippen LogP) is 3.03. The average molecular weight is 259 g/mol. The quantitative estimate of drug-likeness (QED) is 0.902. The summed E-state index contributed by atoms with van der Waals surface area (Å²) < 4.78 is 0. The van der Waals surface area contributed by atoms with Gasteiger partial charge in [-0.3, -0.25) is 4.90 Å². The standard InChI is InChI=1S/C17H25NO/c1-14-6-5-9-17(19,10-14)13-18-11-16(12-18)15-7-3-2-4-8-15/h2-4,7-8,14,16,19H,5-6,9-13H2,1H3. The van der Waals surface area contributed by atoms with Crippen LogP contribution in [0, 0.1) is 5.92 Å². The van der Waals surface area contributed by atoms with Gasteiger partial charge in [-0.1, -0.05) is 50.1 Å². The first-order valence-corrected chi connectivity index (χ1v) is 7.64. The van der Waals surface area contributed by atoms with Gasteiger partial charge in [0.1, 0.15) is 0 Å². The third-order valence-electron chi connectivity index (χ3n) is 4.81. The molecule has 1 saturated carbocycles. The van der Waals surface area contributed by atoms with Gasteiger partial charge in [0.25, 0.3) is 0 Å². The van der Waals surface area contributed by atoms with Crippen LogP contribution in [0.25, 0.3) is 0 Å². The first kappa shape index (κ1) is 13.1. The number of benzene rings is 1. The van der Waals surface area contributed by atoms with E-state index in [1.54, 1.807) is 0 Å². The van der Waals surface area contributed by atoms with Crippen LogP contribution in [0.5, 0.6) is 0 Å². The smallest absolute Gasteiger partial charge is 0.0776 e. The summed E-state index contributed by atoms with van der Waals surface area (Å²) in [6.45, 7) is 5.37. The lowest BCUT2D eigenvalue weighted by Crippen LogP contribution is -2.53. The summed E-state index contributed by atoms with van der Waals surface area (Å²) in [5, 5.41) is 10.7. The van der Waals surface area contributed by atoms with Crippen molar-refractivity contribution < 1.29 is 5.11 Å². The lowest BCUT2D eigenvalue weighted by atomic mass is 9.77. The Bertz CT molecular complexity index is 413. The second kappa shape index (κ2) is 5.26. The highest BCUT2D eigenvalue weighted by Gasteiger charge is 2.38. The zero-order valence-corrected chi connectivity index (χ0v) is 11.9. The molecule has 0 radical (unpaired) electrons. The zero-order chi connectivity index (χ0) is 13.3. The molecule has 1 saturated heterocycles. The van der Waals surface area contributed by atoms with Gasteiger partial charge in [-0.15, -0.1) is 0 Å². The SMILES string of the molecule is CC1CCCC(O)(CN2CC(c3ccccc3)C2)C1. The summed E-state index contributed by atoms with van der Waals surface area (Å²) in [5.74, 6) is 1.36. The molecule has 1 N–H and O–H groups in total. The molecule has 0 aromatic heterocycles. The second-order valence-corrected chi connectivity index (χ2v) is 6.73. The molecule has 3 rings (SSSR count). The fraction of sp³-hybridized carbons (Fsp3) is 0.647. The summed E-state index contributed by atoms with van der Waals surface area (Å²) in [5.41, 5.74) is 1.03. The molecule has 0 spiro atoms. The molecule has 2 unspecified atom stereocenters. The maximum absolute atomic E-state index is 10.7. The van der Waals surface area contributed by atoms with E-state index in [2.05, 4.69) is 42.2 Å². The third kappa shape index (κ3) is 3.01. The van der Waals surface area contributed by atoms with E-state index in [9.17, 15) is 5.11 Å². The number of hydrogen-bond donors (Lipinski definition) is 1. The van der Waals surface area contributed by atoms with Crippen LogP contribution in [0.2, 0.25) is 0 Å². The maximum atomic E-state index is 10.7. The maximum Gasteiger partial charge on any atom is 0.0776 e. The highest BCUT2D eigenvalue weighted by Crippen LogP contribution is 2.35. The van der Waals surface area contributed by atoms with Crippen molar-refractivity contribution in [2.24, 2.45) is 5.92 Å². The van der Waals surface area contributed by atoms with Gasteiger partial charge in [0, 0.05) is 25.6 Å². The summed E-state index contributed by atoms with van der Waals surface area (Å²) in [6, 6.07) is 10.8. The minimum absolute atomic E-state index is 0.417. The van der Waals surface area contributed by atoms with Gasteiger partial charge in [-0.25, -0.2) is 0 Å². The summed E-state index contributed by atoms with van der Waals surface area (Å²) in [7, 11) is 0. The van der Waals surface area contributed by atoms with E-state index in [0.717, 1.165) is 32.5 Å². The van der Waals surface area contributed by atoms with Crippen molar-refractivity contribution in [1.29, 1.82) is 0 Å². The van der Waals surface area contributed by atoms with Crippen molar-refractivity contribution in [2.45, 2.75) is 44.1 Å². The molecule has 1 aliphatic heterocycles. The lowest BCUT2D eigenvalue weighted by Gasteiger charge is -2.46. The molecule has 2 nitrogen and oxygen atoms in total. The van der Waals surface area contributed by atoms with E-state index in [-0.39, 0.29) is 0 Å². The van der Waals surface area contributed by atoms with Gasteiger partial charge < -0.3 is 5.11 Å². The minimum atomic E-state index is -0.417. The Balaban J connectivity index is 1.51. The van der Waals surface area contributed by atoms with Crippen LogP contribution in [0.1, 0.15) is 44.1 Å². The molecule has 0 amide bonds. The highest BCUT2D eigenvalue weighted by molar-refractivity contribution is 5.22. The van der Waals surface area contributed by atoms with Crippen LogP contribution in [0.4, 0.5) is 0 Å². The molecule has 0 bridgehead atoms. The van der Waals surface area contributed by atoms with Crippen molar-refractivity contribution in [1.82, 2.24) is 4.90 Å². The molecule has 2 fully saturated rings. The number of β-amino-alcohol motifs (C(OH)–C–C–N with tert-alkyl or cyclic N) is 1. The van der Waals surface area contributed by atoms with E-state index in [4.69, 9.17) is 0 Å². The van der Waals surface area contributed by atoms with Crippen molar-refractivity contribution in [3.63, 3.8) is 0 Å². The minimum Gasteiger partial charge on any atom is -0.389 e. The van der Waals surface area contributed by atoms with Crippen LogP contribution < -0.4 is 0 Å². The summed E-state index contributed by atoms with van der Waals surface area (Å²) >= 11 is 0. The van der Waals surface area contributed by atoms with Gasteiger partial charge in [0.15, 0.2) is 0 Å². The van der Waals surface area contributed by atoms with Crippen molar-refractivity contribution in [3.05, 3.63) is 35.9 Å². The number of nitrogens with zero attached hydrogens (tertiary/aromatic N) is 1. The van der Waals surface area contributed by atoms with Gasteiger partial charge in [0.2, 0.25) is 0 Å². The first-order chi connectivity index (χ1) is 9.15.